The first-order valence-corrected chi connectivity index (χ1v) is 7.29. The molecule has 0 aliphatic heterocycles. The van der Waals surface area contributed by atoms with Crippen molar-refractivity contribution < 1.29 is 14.3 Å². The number of hydrogen-bond donors (Lipinski definition) is 2. The van der Waals surface area contributed by atoms with Crippen LogP contribution in [0.15, 0.2) is 30.3 Å². The largest absolute Gasteiger partial charge is 0.450 e. The minimum atomic E-state index is -0.447. The average molecular weight is 292 g/mol. The van der Waals surface area contributed by atoms with Crippen LogP contribution in [-0.4, -0.2) is 31.2 Å². The van der Waals surface area contributed by atoms with E-state index in [2.05, 4.69) is 24.5 Å². The maximum absolute atomic E-state index is 12.0. The summed E-state index contributed by atoms with van der Waals surface area (Å²) in [6.45, 7) is 6.60. The highest BCUT2D eigenvalue weighted by atomic mass is 16.5. The molecule has 0 aliphatic carbocycles. The molecule has 0 heterocycles. The van der Waals surface area contributed by atoms with Crippen molar-refractivity contribution in [3.05, 3.63) is 35.9 Å². The first-order valence-electron chi connectivity index (χ1n) is 7.29. The van der Waals surface area contributed by atoms with Gasteiger partial charge < -0.3 is 15.4 Å². The molecule has 1 rings (SSSR count). The number of carbonyl (C=O) groups is 2. The molecule has 1 aromatic rings. The average Bonchev–Trinajstić information content (AvgIpc) is 2.45. The lowest BCUT2D eigenvalue weighted by Crippen LogP contribution is -2.44. The van der Waals surface area contributed by atoms with E-state index in [1.54, 1.807) is 19.1 Å². The minimum Gasteiger partial charge on any atom is -0.450 e. The normalized spacial score (nSPS) is 11.8. The summed E-state index contributed by atoms with van der Waals surface area (Å²) in [5.41, 5.74) is 0.608. The van der Waals surface area contributed by atoms with E-state index in [1.807, 2.05) is 18.2 Å². The molecule has 21 heavy (non-hydrogen) atoms. The predicted octanol–water partition coefficient (Wildman–Crippen LogP) is 2.58. The number of amides is 2. The van der Waals surface area contributed by atoms with Crippen LogP contribution in [-0.2, 0) is 4.74 Å². The molecule has 0 saturated carbocycles. The van der Waals surface area contributed by atoms with Crippen LogP contribution in [0.4, 0.5) is 4.79 Å². The maximum atomic E-state index is 12.0. The Hall–Kier alpha value is -2.04. The molecule has 0 aromatic heterocycles. The van der Waals surface area contributed by atoms with Crippen molar-refractivity contribution in [3.63, 3.8) is 0 Å². The van der Waals surface area contributed by atoms with Crippen molar-refractivity contribution in [1.29, 1.82) is 0 Å². The Bertz CT molecular complexity index is 446. The molecule has 2 amide bonds. The Morgan fingerprint density at radius 1 is 1.19 bits per heavy atom. The Balaban J connectivity index is 2.52. The second-order valence-corrected chi connectivity index (χ2v) is 5.27. The molecule has 0 bridgehead atoms. The molecular formula is C16H24N2O3. The lowest BCUT2D eigenvalue weighted by atomic mass is 10.0. The van der Waals surface area contributed by atoms with Crippen LogP contribution in [0, 0.1) is 5.92 Å². The SMILES string of the molecule is CCOC(=O)N[C@H](CNC(=O)c1ccccc1)CC(C)C. The quantitative estimate of drug-likeness (QED) is 0.811. The van der Waals surface area contributed by atoms with Gasteiger partial charge in [0.15, 0.2) is 0 Å². The Labute approximate surface area is 126 Å². The third-order valence-corrected chi connectivity index (χ3v) is 2.90. The fourth-order valence-electron chi connectivity index (χ4n) is 2.01. The van der Waals surface area contributed by atoms with E-state index >= 15 is 0 Å². The van der Waals surface area contributed by atoms with Crippen LogP contribution in [0.25, 0.3) is 0 Å². The van der Waals surface area contributed by atoms with Crippen molar-refractivity contribution in [3.8, 4) is 0 Å². The van der Waals surface area contributed by atoms with Gasteiger partial charge in [-0.3, -0.25) is 4.79 Å². The van der Waals surface area contributed by atoms with Crippen LogP contribution in [0.5, 0.6) is 0 Å². The van der Waals surface area contributed by atoms with Crippen LogP contribution < -0.4 is 10.6 Å². The second kappa shape index (κ2) is 9.00. The molecular weight excluding hydrogens is 268 g/mol. The van der Waals surface area contributed by atoms with Gasteiger partial charge >= 0.3 is 6.09 Å². The first kappa shape index (κ1) is 17.0. The van der Waals surface area contributed by atoms with Crippen LogP contribution >= 0.6 is 0 Å². The van der Waals surface area contributed by atoms with E-state index in [4.69, 9.17) is 4.74 Å². The third kappa shape index (κ3) is 6.79. The molecule has 0 unspecified atom stereocenters. The van der Waals surface area contributed by atoms with E-state index in [0.29, 0.717) is 24.6 Å². The van der Waals surface area contributed by atoms with Gasteiger partial charge in [-0.05, 0) is 31.4 Å². The number of benzene rings is 1. The molecule has 2 N–H and O–H groups in total. The summed E-state index contributed by atoms with van der Waals surface area (Å²) in [5, 5.41) is 5.62. The summed E-state index contributed by atoms with van der Waals surface area (Å²) in [7, 11) is 0. The number of rotatable bonds is 7. The zero-order chi connectivity index (χ0) is 15.7. The van der Waals surface area contributed by atoms with Crippen LogP contribution in [0.3, 0.4) is 0 Å². The number of hydrogen-bond acceptors (Lipinski definition) is 3. The topological polar surface area (TPSA) is 67.4 Å². The van der Waals surface area contributed by atoms with E-state index < -0.39 is 6.09 Å². The van der Waals surface area contributed by atoms with E-state index in [9.17, 15) is 9.59 Å². The smallest absolute Gasteiger partial charge is 0.407 e. The summed E-state index contributed by atoms with van der Waals surface area (Å²) in [6, 6.07) is 8.86. The fourth-order valence-corrected chi connectivity index (χ4v) is 2.01. The Morgan fingerprint density at radius 2 is 1.86 bits per heavy atom. The summed E-state index contributed by atoms with van der Waals surface area (Å²) < 4.78 is 4.88. The van der Waals surface area contributed by atoms with Crippen molar-refractivity contribution >= 4 is 12.0 Å². The van der Waals surface area contributed by atoms with Crippen molar-refractivity contribution in [1.82, 2.24) is 10.6 Å². The van der Waals surface area contributed by atoms with Gasteiger partial charge in [-0.15, -0.1) is 0 Å². The fraction of sp³-hybridized carbons (Fsp3) is 0.500. The monoisotopic (exact) mass is 292 g/mol. The summed E-state index contributed by atoms with van der Waals surface area (Å²) in [5.74, 6) is 0.264. The lowest BCUT2D eigenvalue weighted by Gasteiger charge is -2.20. The van der Waals surface area contributed by atoms with E-state index in [0.717, 1.165) is 6.42 Å². The molecule has 0 radical (unpaired) electrons. The molecule has 0 aliphatic rings. The van der Waals surface area contributed by atoms with Gasteiger partial charge in [0.2, 0.25) is 0 Å². The zero-order valence-electron chi connectivity index (χ0n) is 12.9. The Kier molecular flexibility index (Phi) is 7.29. The van der Waals surface area contributed by atoms with Crippen LogP contribution in [0.1, 0.15) is 37.6 Å². The highest BCUT2D eigenvalue weighted by Crippen LogP contribution is 2.05. The molecule has 116 valence electrons. The van der Waals surface area contributed by atoms with Crippen molar-refractivity contribution in [2.45, 2.75) is 33.2 Å². The van der Waals surface area contributed by atoms with Gasteiger partial charge in [-0.1, -0.05) is 32.0 Å². The highest BCUT2D eigenvalue weighted by Gasteiger charge is 2.16. The molecule has 0 saturated heterocycles. The van der Waals surface area contributed by atoms with Crippen molar-refractivity contribution in [2.24, 2.45) is 5.92 Å². The number of ether oxygens (including phenoxy) is 1. The standard InChI is InChI=1S/C16H24N2O3/c1-4-21-16(20)18-14(10-12(2)3)11-17-15(19)13-8-6-5-7-9-13/h5-9,12,14H,4,10-11H2,1-3H3,(H,17,19)(H,18,20)/t14-/m0/s1. The van der Waals surface area contributed by atoms with Crippen LogP contribution in [0.2, 0.25) is 0 Å². The Morgan fingerprint density at radius 3 is 2.43 bits per heavy atom. The molecule has 0 spiro atoms. The first-order chi connectivity index (χ1) is 10.0. The van der Waals surface area contributed by atoms with Gasteiger partial charge in [0.1, 0.15) is 0 Å². The van der Waals surface area contributed by atoms with Gasteiger partial charge in [0.25, 0.3) is 5.91 Å². The molecule has 5 heteroatoms. The predicted molar refractivity (Wildman–Crippen MR) is 82.2 cm³/mol. The van der Waals surface area contributed by atoms with Crippen molar-refractivity contribution in [2.75, 3.05) is 13.2 Å². The van der Waals surface area contributed by atoms with Gasteiger partial charge in [0.05, 0.1) is 6.61 Å². The number of carbonyl (C=O) groups excluding carboxylic acids is 2. The molecule has 1 aromatic carbocycles. The van der Waals surface area contributed by atoms with E-state index in [-0.39, 0.29) is 11.9 Å². The highest BCUT2D eigenvalue weighted by molar-refractivity contribution is 5.94. The van der Waals surface area contributed by atoms with E-state index in [1.165, 1.54) is 0 Å². The third-order valence-electron chi connectivity index (χ3n) is 2.90. The zero-order valence-corrected chi connectivity index (χ0v) is 12.9. The maximum Gasteiger partial charge on any atom is 0.407 e. The van der Waals surface area contributed by atoms with Gasteiger partial charge in [-0.25, -0.2) is 4.79 Å². The van der Waals surface area contributed by atoms with Gasteiger partial charge in [0, 0.05) is 18.2 Å². The summed E-state index contributed by atoms with van der Waals surface area (Å²) in [6.07, 6.45) is 0.325. The van der Waals surface area contributed by atoms with Gasteiger partial charge in [-0.2, -0.15) is 0 Å². The molecule has 1 atom stereocenters. The second-order valence-electron chi connectivity index (χ2n) is 5.27. The minimum absolute atomic E-state index is 0.142. The molecule has 5 nitrogen and oxygen atoms in total. The number of alkyl carbamates (subject to hydrolysis) is 1. The molecule has 0 fully saturated rings. The summed E-state index contributed by atoms with van der Waals surface area (Å²) >= 11 is 0. The summed E-state index contributed by atoms with van der Waals surface area (Å²) in [4.78, 5) is 23.5. The lowest BCUT2D eigenvalue weighted by molar-refractivity contribution is 0.0944. The number of nitrogens with one attached hydrogen (secondary N) is 2.